The van der Waals surface area contributed by atoms with E-state index in [1.165, 1.54) is 0 Å². The lowest BCUT2D eigenvalue weighted by Gasteiger charge is -2.23. The molecule has 2 heterocycles. The Morgan fingerprint density at radius 2 is 2.11 bits per heavy atom. The Kier molecular flexibility index (Phi) is 3.16. The lowest BCUT2D eigenvalue weighted by Crippen LogP contribution is -2.28. The molecule has 0 radical (unpaired) electrons. The van der Waals surface area contributed by atoms with Gasteiger partial charge in [0.15, 0.2) is 6.10 Å². The summed E-state index contributed by atoms with van der Waals surface area (Å²) < 4.78 is 0. The Morgan fingerprint density at radius 1 is 1.26 bits per heavy atom. The molecule has 1 atom stereocenters. The summed E-state index contributed by atoms with van der Waals surface area (Å²) in [5.41, 5.74) is 2.54. The van der Waals surface area contributed by atoms with Crippen molar-refractivity contribution in [3.8, 4) is 0 Å². The molecule has 0 aromatic heterocycles. The largest absolute Gasteiger partial charge is 0.378 e. The quantitative estimate of drug-likeness (QED) is 0.785. The van der Waals surface area contributed by atoms with Crippen molar-refractivity contribution >= 4 is 17.3 Å². The minimum Gasteiger partial charge on any atom is -0.378 e. The molecule has 0 spiro atoms. The van der Waals surface area contributed by atoms with E-state index in [9.17, 15) is 9.90 Å². The zero-order valence-corrected chi connectivity index (χ0v) is 11.1. The van der Waals surface area contributed by atoms with Crippen molar-refractivity contribution < 1.29 is 9.90 Å². The number of carbonyl (C=O) groups is 1. The van der Waals surface area contributed by atoms with E-state index < -0.39 is 6.10 Å². The second-order valence-corrected chi connectivity index (χ2v) is 5.31. The van der Waals surface area contributed by atoms with E-state index in [1.54, 1.807) is 0 Å². The van der Waals surface area contributed by atoms with Gasteiger partial charge in [-0.2, -0.15) is 0 Å². The first-order valence-electron chi connectivity index (χ1n) is 6.71. The van der Waals surface area contributed by atoms with Gasteiger partial charge in [0, 0.05) is 36.6 Å². The third kappa shape index (κ3) is 2.31. The van der Waals surface area contributed by atoms with Crippen LogP contribution in [-0.4, -0.2) is 49.1 Å². The second-order valence-electron chi connectivity index (χ2n) is 5.31. The molecule has 0 saturated carbocycles. The first-order chi connectivity index (χ1) is 9.15. The smallest absolute Gasteiger partial charge is 0.257 e. The summed E-state index contributed by atoms with van der Waals surface area (Å²) in [5, 5.41) is 12.4. The van der Waals surface area contributed by atoms with Crippen LogP contribution in [0.2, 0.25) is 0 Å². The summed E-state index contributed by atoms with van der Waals surface area (Å²) in [6.07, 6.45) is 0.127. The minimum absolute atomic E-state index is 0.331. The maximum absolute atomic E-state index is 11.4. The molecule has 1 fully saturated rings. The van der Waals surface area contributed by atoms with Gasteiger partial charge in [-0.25, -0.2) is 0 Å². The predicted molar refractivity (Wildman–Crippen MR) is 74.4 cm³/mol. The zero-order valence-electron chi connectivity index (χ0n) is 11.1. The Morgan fingerprint density at radius 3 is 2.95 bits per heavy atom. The van der Waals surface area contributed by atoms with Crippen LogP contribution in [0.4, 0.5) is 11.4 Å². The molecule has 2 N–H and O–H groups in total. The van der Waals surface area contributed by atoms with Crippen LogP contribution in [-0.2, 0) is 4.79 Å². The van der Waals surface area contributed by atoms with Crippen molar-refractivity contribution in [2.24, 2.45) is 0 Å². The zero-order chi connectivity index (χ0) is 13.4. The number of anilines is 2. The summed E-state index contributed by atoms with van der Waals surface area (Å²) >= 11 is 0. The topological polar surface area (TPSA) is 55.8 Å². The first-order valence-corrected chi connectivity index (χ1v) is 6.71. The average Bonchev–Trinajstić information content (AvgIpc) is 2.57. The highest BCUT2D eigenvalue weighted by molar-refractivity contribution is 6.02. The summed E-state index contributed by atoms with van der Waals surface area (Å²) in [4.78, 5) is 16.1. The Labute approximate surface area is 112 Å². The van der Waals surface area contributed by atoms with Crippen molar-refractivity contribution in [1.82, 2.24) is 4.90 Å². The van der Waals surface area contributed by atoms with Crippen LogP contribution in [0.15, 0.2) is 18.2 Å². The molecular formula is C14H19N3O2. The fourth-order valence-corrected chi connectivity index (χ4v) is 2.73. The van der Waals surface area contributed by atoms with Gasteiger partial charge in [0.2, 0.25) is 0 Å². The van der Waals surface area contributed by atoms with E-state index in [0.717, 1.165) is 44.0 Å². The van der Waals surface area contributed by atoms with Gasteiger partial charge in [0.1, 0.15) is 0 Å². The summed E-state index contributed by atoms with van der Waals surface area (Å²) in [5.74, 6) is -0.331. The number of benzene rings is 1. The highest BCUT2D eigenvalue weighted by atomic mass is 16.3. The Balaban J connectivity index is 1.83. The number of fused-ring (bicyclic) bond motifs is 1. The molecule has 3 rings (SSSR count). The molecule has 0 aliphatic carbocycles. The van der Waals surface area contributed by atoms with Gasteiger partial charge in [0.05, 0.1) is 0 Å². The van der Waals surface area contributed by atoms with Gasteiger partial charge in [-0.05, 0) is 32.1 Å². The summed E-state index contributed by atoms with van der Waals surface area (Å²) in [6, 6.07) is 5.81. The van der Waals surface area contributed by atoms with Crippen LogP contribution < -0.4 is 10.2 Å². The summed E-state index contributed by atoms with van der Waals surface area (Å²) in [6.45, 7) is 4.19. The number of aliphatic hydroxyl groups is 1. The molecule has 5 nitrogen and oxygen atoms in total. The molecule has 2 aliphatic rings. The number of likely N-dealkylation sites (N-methyl/N-ethyl adjacent to an activating group) is 1. The van der Waals surface area contributed by atoms with Crippen molar-refractivity contribution in [2.75, 3.05) is 43.4 Å². The second kappa shape index (κ2) is 4.83. The van der Waals surface area contributed by atoms with Crippen LogP contribution in [0.3, 0.4) is 0 Å². The fourth-order valence-electron chi connectivity index (χ4n) is 2.73. The number of amides is 1. The third-order valence-electron chi connectivity index (χ3n) is 3.92. The monoisotopic (exact) mass is 261 g/mol. The van der Waals surface area contributed by atoms with Crippen molar-refractivity contribution in [2.45, 2.75) is 12.5 Å². The van der Waals surface area contributed by atoms with Crippen LogP contribution in [0.25, 0.3) is 0 Å². The van der Waals surface area contributed by atoms with Crippen molar-refractivity contribution in [3.05, 3.63) is 23.8 Å². The molecule has 19 heavy (non-hydrogen) atoms. The van der Waals surface area contributed by atoms with Crippen LogP contribution in [0.5, 0.6) is 0 Å². The molecule has 102 valence electrons. The molecule has 2 aliphatic heterocycles. The maximum Gasteiger partial charge on any atom is 0.257 e. The number of aliphatic hydroxyl groups excluding tert-OH is 1. The molecule has 0 bridgehead atoms. The van der Waals surface area contributed by atoms with Gasteiger partial charge in [-0.1, -0.05) is 6.07 Å². The highest BCUT2D eigenvalue weighted by Gasteiger charge is 2.28. The SMILES string of the molecule is CN1CCCN(c2ccc3c(c2)NC(=O)C3O)CC1. The van der Waals surface area contributed by atoms with Crippen molar-refractivity contribution in [3.63, 3.8) is 0 Å². The molecule has 1 aromatic carbocycles. The van der Waals surface area contributed by atoms with E-state index in [2.05, 4.69) is 22.2 Å². The molecular weight excluding hydrogens is 242 g/mol. The standard InChI is InChI=1S/C14H19N3O2/c1-16-5-2-6-17(8-7-16)10-3-4-11-12(9-10)15-14(19)13(11)18/h3-4,9,13,18H,2,5-8H2,1H3,(H,15,19). The Hall–Kier alpha value is -1.59. The molecule has 1 saturated heterocycles. The molecule has 1 aromatic rings. The van der Waals surface area contributed by atoms with E-state index in [-0.39, 0.29) is 5.91 Å². The van der Waals surface area contributed by atoms with Gasteiger partial charge in [0.25, 0.3) is 5.91 Å². The minimum atomic E-state index is -1.01. The number of hydrogen-bond acceptors (Lipinski definition) is 4. The van der Waals surface area contributed by atoms with Gasteiger partial charge in [-0.15, -0.1) is 0 Å². The number of hydrogen-bond donors (Lipinski definition) is 2. The fraction of sp³-hybridized carbons (Fsp3) is 0.500. The van der Waals surface area contributed by atoms with Crippen LogP contribution >= 0.6 is 0 Å². The van der Waals surface area contributed by atoms with Gasteiger partial charge < -0.3 is 20.2 Å². The normalized spacial score (nSPS) is 24.0. The highest BCUT2D eigenvalue weighted by Crippen LogP contribution is 2.34. The lowest BCUT2D eigenvalue weighted by atomic mass is 10.1. The van der Waals surface area contributed by atoms with Crippen LogP contribution in [0, 0.1) is 0 Å². The van der Waals surface area contributed by atoms with Crippen LogP contribution in [0.1, 0.15) is 18.1 Å². The van der Waals surface area contributed by atoms with E-state index >= 15 is 0 Å². The van der Waals surface area contributed by atoms with Gasteiger partial charge >= 0.3 is 0 Å². The first kappa shape index (κ1) is 12.4. The predicted octanol–water partition coefficient (Wildman–Crippen LogP) is 0.814. The number of carbonyl (C=O) groups excluding carboxylic acids is 1. The number of nitrogens with one attached hydrogen (secondary N) is 1. The average molecular weight is 261 g/mol. The third-order valence-corrected chi connectivity index (χ3v) is 3.92. The van der Waals surface area contributed by atoms with E-state index in [1.807, 2.05) is 18.2 Å². The Bertz CT molecular complexity index is 503. The summed E-state index contributed by atoms with van der Waals surface area (Å²) in [7, 11) is 2.14. The molecule has 1 unspecified atom stereocenters. The van der Waals surface area contributed by atoms with Gasteiger partial charge in [-0.3, -0.25) is 4.79 Å². The van der Waals surface area contributed by atoms with E-state index in [4.69, 9.17) is 0 Å². The van der Waals surface area contributed by atoms with E-state index in [0.29, 0.717) is 5.56 Å². The maximum atomic E-state index is 11.4. The number of rotatable bonds is 1. The number of nitrogens with zero attached hydrogens (tertiary/aromatic N) is 2. The molecule has 1 amide bonds. The van der Waals surface area contributed by atoms with Crippen molar-refractivity contribution in [1.29, 1.82) is 0 Å². The molecule has 5 heteroatoms. The lowest BCUT2D eigenvalue weighted by molar-refractivity contribution is -0.123.